The summed E-state index contributed by atoms with van der Waals surface area (Å²) in [4.78, 5) is 18.5. The number of carbonyl (C=O) groups excluding carboxylic acids is 1. The number of aryl methyl sites for hydroxylation is 1. The van der Waals surface area contributed by atoms with Crippen molar-refractivity contribution in [3.63, 3.8) is 0 Å². The van der Waals surface area contributed by atoms with Gasteiger partial charge in [0.05, 0.1) is 12.5 Å². The van der Waals surface area contributed by atoms with Crippen LogP contribution in [0.1, 0.15) is 24.2 Å². The molecular weight excluding hydrogens is 338 g/mol. The average molecular weight is 359 g/mol. The highest BCUT2D eigenvalue weighted by Gasteiger charge is 2.15. The number of nitriles is 1. The summed E-state index contributed by atoms with van der Waals surface area (Å²) >= 11 is 0. The van der Waals surface area contributed by atoms with Crippen LogP contribution < -0.4 is 0 Å². The summed E-state index contributed by atoms with van der Waals surface area (Å²) in [7, 11) is 0. The summed E-state index contributed by atoms with van der Waals surface area (Å²) in [5, 5.41) is 8.87. The smallest absolute Gasteiger partial charge is 0.223 e. The Labute approximate surface area is 158 Å². The van der Waals surface area contributed by atoms with Crippen LogP contribution >= 0.6 is 0 Å². The molecule has 0 radical (unpaired) electrons. The normalized spacial score (nSPS) is 10.3. The molecule has 0 aliphatic heterocycles. The third-order valence-electron chi connectivity index (χ3n) is 4.25. The third kappa shape index (κ3) is 5.29. The van der Waals surface area contributed by atoms with Crippen LogP contribution in [0.3, 0.4) is 0 Å². The SMILES string of the molecule is N#CCCN(Cc1cccnc1)C(=O)CCc1ccc(-c2ccccc2)o1. The maximum Gasteiger partial charge on any atom is 0.223 e. The molecule has 0 saturated heterocycles. The summed E-state index contributed by atoms with van der Waals surface area (Å²) < 4.78 is 5.87. The third-order valence-corrected chi connectivity index (χ3v) is 4.25. The van der Waals surface area contributed by atoms with E-state index in [9.17, 15) is 4.79 Å². The van der Waals surface area contributed by atoms with Crippen molar-refractivity contribution in [2.45, 2.75) is 25.8 Å². The Bertz CT molecular complexity index is 898. The first-order valence-electron chi connectivity index (χ1n) is 8.94. The molecule has 0 unspecified atom stereocenters. The first kappa shape index (κ1) is 18.4. The van der Waals surface area contributed by atoms with Crippen LogP contribution in [0.5, 0.6) is 0 Å². The molecule has 1 amide bonds. The van der Waals surface area contributed by atoms with E-state index in [1.165, 1.54) is 0 Å². The topological polar surface area (TPSA) is 70.1 Å². The lowest BCUT2D eigenvalue weighted by molar-refractivity contribution is -0.131. The molecule has 0 aliphatic carbocycles. The van der Waals surface area contributed by atoms with Crippen molar-refractivity contribution in [2.75, 3.05) is 6.54 Å². The average Bonchev–Trinajstić information content (AvgIpc) is 3.20. The number of carbonyl (C=O) groups is 1. The van der Waals surface area contributed by atoms with Gasteiger partial charge in [-0.3, -0.25) is 9.78 Å². The first-order chi connectivity index (χ1) is 13.3. The Kier molecular flexibility index (Phi) is 6.37. The highest BCUT2D eigenvalue weighted by Crippen LogP contribution is 2.22. The van der Waals surface area contributed by atoms with Crippen molar-refractivity contribution in [2.24, 2.45) is 0 Å². The molecule has 1 aromatic carbocycles. The molecule has 0 aliphatic rings. The van der Waals surface area contributed by atoms with E-state index in [4.69, 9.17) is 9.68 Å². The number of rotatable bonds is 8. The lowest BCUT2D eigenvalue weighted by Gasteiger charge is -2.21. The summed E-state index contributed by atoms with van der Waals surface area (Å²) in [6.45, 7) is 0.874. The van der Waals surface area contributed by atoms with E-state index in [1.807, 2.05) is 54.6 Å². The molecule has 3 aromatic rings. The quantitative estimate of drug-likeness (QED) is 0.604. The zero-order valence-corrected chi connectivity index (χ0v) is 15.0. The number of benzene rings is 1. The number of hydrogen-bond donors (Lipinski definition) is 0. The van der Waals surface area contributed by atoms with Crippen LogP contribution in [-0.2, 0) is 17.8 Å². The summed E-state index contributed by atoms with van der Waals surface area (Å²) in [5.41, 5.74) is 1.97. The lowest BCUT2D eigenvalue weighted by atomic mass is 10.2. The van der Waals surface area contributed by atoms with Gasteiger partial charge in [-0.15, -0.1) is 0 Å². The minimum absolute atomic E-state index is 0.00626. The second kappa shape index (κ2) is 9.35. The van der Waals surface area contributed by atoms with Crippen LogP contribution in [0.4, 0.5) is 0 Å². The Morgan fingerprint density at radius 1 is 1.11 bits per heavy atom. The fourth-order valence-electron chi connectivity index (χ4n) is 2.85. The fraction of sp³-hybridized carbons (Fsp3) is 0.227. The van der Waals surface area contributed by atoms with Gasteiger partial charge >= 0.3 is 0 Å². The van der Waals surface area contributed by atoms with Crippen molar-refractivity contribution in [1.29, 1.82) is 5.26 Å². The molecule has 0 atom stereocenters. The molecule has 2 aromatic heterocycles. The minimum atomic E-state index is 0.00626. The first-order valence-corrected chi connectivity index (χ1v) is 8.94. The Morgan fingerprint density at radius 3 is 2.70 bits per heavy atom. The molecule has 2 heterocycles. The molecule has 0 N–H and O–H groups in total. The van der Waals surface area contributed by atoms with E-state index >= 15 is 0 Å². The van der Waals surface area contributed by atoms with Gasteiger partial charge in [0.15, 0.2) is 0 Å². The Morgan fingerprint density at radius 2 is 1.96 bits per heavy atom. The van der Waals surface area contributed by atoms with Gasteiger partial charge < -0.3 is 9.32 Å². The molecule has 136 valence electrons. The van der Waals surface area contributed by atoms with E-state index in [2.05, 4.69) is 11.1 Å². The summed E-state index contributed by atoms with van der Waals surface area (Å²) in [6.07, 6.45) is 4.62. The number of pyridine rings is 1. The summed E-state index contributed by atoms with van der Waals surface area (Å²) in [6, 6.07) is 19.6. The molecule has 0 bridgehead atoms. The molecule has 0 spiro atoms. The van der Waals surface area contributed by atoms with Gasteiger partial charge in [0.25, 0.3) is 0 Å². The van der Waals surface area contributed by atoms with Crippen molar-refractivity contribution in [1.82, 2.24) is 9.88 Å². The zero-order chi connectivity index (χ0) is 18.9. The minimum Gasteiger partial charge on any atom is -0.461 e. The van der Waals surface area contributed by atoms with Gasteiger partial charge in [0, 0.05) is 43.9 Å². The number of furan rings is 1. The number of hydrogen-bond acceptors (Lipinski definition) is 4. The molecule has 0 saturated carbocycles. The van der Waals surface area contributed by atoms with Crippen LogP contribution in [0.25, 0.3) is 11.3 Å². The van der Waals surface area contributed by atoms with E-state index in [0.29, 0.717) is 32.4 Å². The molecule has 0 fully saturated rings. The number of amides is 1. The molecule has 27 heavy (non-hydrogen) atoms. The molecular formula is C22H21N3O2. The maximum atomic E-state index is 12.7. The zero-order valence-electron chi connectivity index (χ0n) is 15.0. The monoisotopic (exact) mass is 359 g/mol. The van der Waals surface area contributed by atoms with E-state index in [0.717, 1.165) is 22.6 Å². The van der Waals surface area contributed by atoms with Crippen molar-refractivity contribution in [3.05, 3.63) is 78.3 Å². The predicted molar refractivity (Wildman–Crippen MR) is 102 cm³/mol. The molecule has 5 nitrogen and oxygen atoms in total. The van der Waals surface area contributed by atoms with Crippen molar-refractivity contribution < 1.29 is 9.21 Å². The second-order valence-electron chi connectivity index (χ2n) is 6.22. The highest BCUT2D eigenvalue weighted by atomic mass is 16.3. The van der Waals surface area contributed by atoms with Crippen LogP contribution in [0, 0.1) is 11.3 Å². The number of nitrogens with zero attached hydrogens (tertiary/aromatic N) is 3. The van der Waals surface area contributed by atoms with Crippen LogP contribution in [0.15, 0.2) is 71.4 Å². The van der Waals surface area contributed by atoms with E-state index in [1.54, 1.807) is 17.3 Å². The van der Waals surface area contributed by atoms with Crippen molar-refractivity contribution in [3.8, 4) is 17.4 Å². The number of aromatic nitrogens is 1. The van der Waals surface area contributed by atoms with Gasteiger partial charge in [-0.1, -0.05) is 36.4 Å². The molecule has 3 rings (SSSR count). The largest absolute Gasteiger partial charge is 0.461 e. The summed E-state index contributed by atoms with van der Waals surface area (Å²) in [5.74, 6) is 1.59. The van der Waals surface area contributed by atoms with Crippen molar-refractivity contribution >= 4 is 5.91 Å². The van der Waals surface area contributed by atoms with Gasteiger partial charge in [-0.05, 0) is 23.8 Å². The molecule has 5 heteroatoms. The lowest BCUT2D eigenvalue weighted by Crippen LogP contribution is -2.31. The van der Waals surface area contributed by atoms with Gasteiger partial charge in [0.1, 0.15) is 11.5 Å². The Hall–Kier alpha value is -3.39. The fourth-order valence-corrected chi connectivity index (χ4v) is 2.85. The van der Waals surface area contributed by atoms with Crippen LogP contribution in [0.2, 0.25) is 0 Å². The van der Waals surface area contributed by atoms with Gasteiger partial charge in [-0.2, -0.15) is 5.26 Å². The standard InChI is InChI=1S/C22H21N3O2/c23-13-5-15-25(17-18-6-4-14-24-16-18)22(26)12-10-20-9-11-21(27-20)19-7-2-1-3-8-19/h1-4,6-9,11,14,16H,5,10,12,15,17H2. The van der Waals surface area contributed by atoms with Gasteiger partial charge in [-0.25, -0.2) is 0 Å². The van der Waals surface area contributed by atoms with Crippen LogP contribution in [-0.4, -0.2) is 22.3 Å². The Balaban J connectivity index is 1.60. The van der Waals surface area contributed by atoms with E-state index < -0.39 is 0 Å². The van der Waals surface area contributed by atoms with E-state index in [-0.39, 0.29) is 5.91 Å². The van der Waals surface area contributed by atoms with Gasteiger partial charge in [0.2, 0.25) is 5.91 Å². The maximum absolute atomic E-state index is 12.7. The predicted octanol–water partition coefficient (Wildman–Crippen LogP) is 4.22. The highest BCUT2D eigenvalue weighted by molar-refractivity contribution is 5.76. The second-order valence-corrected chi connectivity index (χ2v) is 6.22.